The van der Waals surface area contributed by atoms with E-state index >= 15 is 0 Å². The predicted molar refractivity (Wildman–Crippen MR) is 39.4 cm³/mol. The van der Waals surface area contributed by atoms with E-state index in [1.807, 2.05) is 6.92 Å². The highest BCUT2D eigenvalue weighted by atomic mass is 16.3. The molecule has 0 amide bonds. The number of hydrogen-bond acceptors (Lipinski definition) is 4. The summed E-state index contributed by atoms with van der Waals surface area (Å²) in [5.74, 6) is 0. The molecule has 0 spiro atoms. The maximum absolute atomic E-state index is 9.05. The molecule has 4 nitrogen and oxygen atoms in total. The lowest BCUT2D eigenvalue weighted by atomic mass is 10.2. The molecule has 2 unspecified atom stereocenters. The Hall–Kier alpha value is -0.160. The van der Waals surface area contributed by atoms with Crippen molar-refractivity contribution in [2.75, 3.05) is 13.1 Å². The smallest absolute Gasteiger partial charge is 0.104 e. The zero-order valence-electron chi connectivity index (χ0n) is 6.25. The number of hydrogen-bond donors (Lipinski definition) is 4. The van der Waals surface area contributed by atoms with Crippen molar-refractivity contribution in [1.29, 1.82) is 0 Å². The van der Waals surface area contributed by atoms with Crippen molar-refractivity contribution in [2.45, 2.75) is 25.7 Å². The Bertz CT molecular complexity index is 78.1. The highest BCUT2D eigenvalue weighted by molar-refractivity contribution is 4.60. The summed E-state index contributed by atoms with van der Waals surface area (Å²) in [5, 5.41) is 20.6. The Balaban J connectivity index is 3.16. The summed E-state index contributed by atoms with van der Waals surface area (Å²) in [6.45, 7) is 3.26. The number of rotatable bonds is 5. The lowest BCUT2D eigenvalue weighted by Gasteiger charge is -2.11. The zero-order valence-corrected chi connectivity index (χ0v) is 6.25. The van der Waals surface area contributed by atoms with Crippen LogP contribution in [-0.2, 0) is 0 Å². The van der Waals surface area contributed by atoms with Gasteiger partial charge in [-0.3, -0.25) is 0 Å². The van der Waals surface area contributed by atoms with Gasteiger partial charge in [0.25, 0.3) is 0 Å². The van der Waals surface area contributed by atoms with E-state index in [4.69, 9.17) is 15.9 Å². The van der Waals surface area contributed by atoms with Crippen LogP contribution in [0, 0.1) is 0 Å². The summed E-state index contributed by atoms with van der Waals surface area (Å²) in [6, 6.07) is 0. The number of likely N-dealkylation sites (N-methyl/N-ethyl adjacent to an activating group) is 1. The fourth-order valence-electron chi connectivity index (χ4n) is 0.673. The molecular formula is C6H16N2O2. The highest BCUT2D eigenvalue weighted by Crippen LogP contribution is 1.90. The molecule has 0 aliphatic heterocycles. The van der Waals surface area contributed by atoms with Crippen molar-refractivity contribution in [3.8, 4) is 0 Å². The maximum Gasteiger partial charge on any atom is 0.104 e. The summed E-state index contributed by atoms with van der Waals surface area (Å²) >= 11 is 0. The van der Waals surface area contributed by atoms with Gasteiger partial charge < -0.3 is 21.3 Å². The Labute approximate surface area is 61.0 Å². The van der Waals surface area contributed by atoms with Gasteiger partial charge >= 0.3 is 0 Å². The molecule has 0 heterocycles. The van der Waals surface area contributed by atoms with Gasteiger partial charge in [-0.25, -0.2) is 0 Å². The molecule has 0 aromatic rings. The van der Waals surface area contributed by atoms with Gasteiger partial charge in [-0.2, -0.15) is 0 Å². The molecular weight excluding hydrogens is 132 g/mol. The minimum atomic E-state index is -0.909. The Morgan fingerprint density at radius 2 is 2.10 bits per heavy atom. The maximum atomic E-state index is 9.05. The van der Waals surface area contributed by atoms with Gasteiger partial charge in [-0.05, 0) is 6.54 Å². The summed E-state index contributed by atoms with van der Waals surface area (Å²) in [7, 11) is 0. The van der Waals surface area contributed by atoms with Crippen molar-refractivity contribution >= 4 is 0 Å². The average molecular weight is 148 g/mol. The van der Waals surface area contributed by atoms with Gasteiger partial charge in [0, 0.05) is 13.0 Å². The van der Waals surface area contributed by atoms with Gasteiger partial charge in [-0.1, -0.05) is 6.92 Å². The van der Waals surface area contributed by atoms with Crippen LogP contribution in [0.5, 0.6) is 0 Å². The van der Waals surface area contributed by atoms with Crippen LogP contribution in [0.3, 0.4) is 0 Å². The van der Waals surface area contributed by atoms with Crippen LogP contribution >= 0.6 is 0 Å². The Kier molecular flexibility index (Phi) is 5.52. The largest absolute Gasteiger partial charge is 0.392 e. The van der Waals surface area contributed by atoms with Crippen molar-refractivity contribution in [2.24, 2.45) is 5.73 Å². The third-order valence-electron chi connectivity index (χ3n) is 1.14. The first-order chi connectivity index (χ1) is 4.66. The summed E-state index contributed by atoms with van der Waals surface area (Å²) in [6.07, 6.45) is -1.22. The van der Waals surface area contributed by atoms with Crippen molar-refractivity contribution in [3.05, 3.63) is 0 Å². The standard InChI is InChI=1S/C6H16N2O2/c1-2-8-4-5(9)3-6(7)10/h5-6,8-10H,2-4,7H2,1H3. The van der Waals surface area contributed by atoms with E-state index in [9.17, 15) is 0 Å². The Morgan fingerprint density at radius 1 is 1.50 bits per heavy atom. The first-order valence-corrected chi connectivity index (χ1v) is 3.49. The van der Waals surface area contributed by atoms with Crippen molar-refractivity contribution in [3.63, 3.8) is 0 Å². The van der Waals surface area contributed by atoms with Crippen LogP contribution in [0.4, 0.5) is 0 Å². The number of aliphatic hydroxyl groups excluding tert-OH is 2. The quantitative estimate of drug-likeness (QED) is 0.362. The summed E-state index contributed by atoms with van der Waals surface area (Å²) in [4.78, 5) is 0. The lowest BCUT2D eigenvalue weighted by molar-refractivity contribution is 0.0842. The molecule has 0 aliphatic carbocycles. The van der Waals surface area contributed by atoms with Gasteiger partial charge in [0.1, 0.15) is 6.23 Å². The SMILES string of the molecule is CCNCC(O)CC(N)O. The summed E-state index contributed by atoms with van der Waals surface area (Å²) < 4.78 is 0. The van der Waals surface area contributed by atoms with E-state index in [2.05, 4.69) is 5.32 Å². The molecule has 0 aromatic carbocycles. The van der Waals surface area contributed by atoms with Crippen LogP contribution in [-0.4, -0.2) is 35.6 Å². The third kappa shape index (κ3) is 5.97. The molecule has 4 heteroatoms. The normalized spacial score (nSPS) is 16.8. The topological polar surface area (TPSA) is 78.5 Å². The van der Waals surface area contributed by atoms with Crippen LogP contribution in [0.1, 0.15) is 13.3 Å². The second-order valence-electron chi connectivity index (χ2n) is 2.26. The summed E-state index contributed by atoms with van der Waals surface area (Å²) in [5.41, 5.74) is 5.03. The Morgan fingerprint density at radius 3 is 2.50 bits per heavy atom. The third-order valence-corrected chi connectivity index (χ3v) is 1.14. The fraction of sp³-hybridized carbons (Fsp3) is 1.00. The van der Waals surface area contributed by atoms with E-state index in [-0.39, 0.29) is 6.42 Å². The minimum absolute atomic E-state index is 0.229. The second-order valence-corrected chi connectivity index (χ2v) is 2.26. The molecule has 5 N–H and O–H groups in total. The molecule has 0 saturated heterocycles. The van der Waals surface area contributed by atoms with Crippen molar-refractivity contribution < 1.29 is 10.2 Å². The predicted octanol–water partition coefficient (Wildman–Crippen LogP) is -1.38. The number of aliphatic hydroxyl groups is 2. The van der Waals surface area contributed by atoms with E-state index in [0.717, 1.165) is 6.54 Å². The van der Waals surface area contributed by atoms with Crippen LogP contribution in [0.25, 0.3) is 0 Å². The number of nitrogens with one attached hydrogen (secondary N) is 1. The molecule has 0 rings (SSSR count). The molecule has 0 radical (unpaired) electrons. The average Bonchev–Trinajstić information content (AvgIpc) is 1.82. The molecule has 0 aromatic heterocycles. The van der Waals surface area contributed by atoms with E-state index in [0.29, 0.717) is 6.54 Å². The molecule has 62 valence electrons. The monoisotopic (exact) mass is 148 g/mol. The number of nitrogens with two attached hydrogens (primary N) is 1. The highest BCUT2D eigenvalue weighted by Gasteiger charge is 2.05. The molecule has 0 fully saturated rings. The first kappa shape index (κ1) is 9.84. The van der Waals surface area contributed by atoms with Gasteiger partial charge in [-0.15, -0.1) is 0 Å². The van der Waals surface area contributed by atoms with E-state index < -0.39 is 12.3 Å². The van der Waals surface area contributed by atoms with Gasteiger partial charge in [0.2, 0.25) is 0 Å². The lowest BCUT2D eigenvalue weighted by Crippen LogP contribution is -2.32. The molecule has 2 atom stereocenters. The van der Waals surface area contributed by atoms with Gasteiger partial charge in [0.15, 0.2) is 0 Å². The molecule has 10 heavy (non-hydrogen) atoms. The van der Waals surface area contributed by atoms with Crippen LogP contribution < -0.4 is 11.1 Å². The molecule has 0 saturated carbocycles. The van der Waals surface area contributed by atoms with Gasteiger partial charge in [0.05, 0.1) is 6.10 Å². The van der Waals surface area contributed by atoms with E-state index in [1.54, 1.807) is 0 Å². The molecule has 0 aliphatic rings. The molecule has 0 bridgehead atoms. The van der Waals surface area contributed by atoms with Crippen molar-refractivity contribution in [1.82, 2.24) is 5.32 Å². The van der Waals surface area contributed by atoms with E-state index in [1.165, 1.54) is 0 Å². The fourth-order valence-corrected chi connectivity index (χ4v) is 0.673. The minimum Gasteiger partial charge on any atom is -0.392 e. The van der Waals surface area contributed by atoms with Crippen LogP contribution in [0.15, 0.2) is 0 Å². The second kappa shape index (κ2) is 5.61. The zero-order chi connectivity index (χ0) is 7.98. The van der Waals surface area contributed by atoms with Crippen LogP contribution in [0.2, 0.25) is 0 Å². The first-order valence-electron chi connectivity index (χ1n) is 3.49.